The van der Waals surface area contributed by atoms with Gasteiger partial charge in [-0.25, -0.2) is 10.4 Å². The number of hydrogen-bond acceptors (Lipinski definition) is 3. The van der Waals surface area contributed by atoms with Crippen molar-refractivity contribution >= 4 is 34.1 Å². The molecule has 0 radical (unpaired) electrons. The quantitative estimate of drug-likeness (QED) is 0.448. The first kappa shape index (κ1) is 12.6. The minimum atomic E-state index is 0.637. The van der Waals surface area contributed by atoms with Gasteiger partial charge in [0, 0.05) is 29.7 Å². The number of H-pyrrole nitrogens is 1. The van der Waals surface area contributed by atoms with Crippen molar-refractivity contribution in [1.29, 1.82) is 0 Å². The highest BCUT2D eigenvalue weighted by molar-refractivity contribution is 5.99. The largest absolute Gasteiger partial charge is 0.350 e. The van der Waals surface area contributed by atoms with Gasteiger partial charge >= 0.3 is 0 Å². The molecule has 5 nitrogen and oxygen atoms in total. The van der Waals surface area contributed by atoms with Crippen LogP contribution in [0.3, 0.4) is 0 Å². The molecule has 2 heterocycles. The van der Waals surface area contributed by atoms with E-state index in [1.165, 1.54) is 10.9 Å². The SMILES string of the molecule is Cn1cc(/C=N/Nc2nc3ccccc3[nH]2)c2ccccc21. The van der Waals surface area contributed by atoms with Crippen LogP contribution in [-0.2, 0) is 7.05 Å². The zero-order chi connectivity index (χ0) is 14.9. The molecule has 0 unspecified atom stereocenters. The Hall–Kier alpha value is -3.08. The maximum atomic E-state index is 4.43. The molecule has 108 valence electrons. The fraction of sp³-hybridized carbons (Fsp3) is 0.0588. The molecule has 0 amide bonds. The summed E-state index contributed by atoms with van der Waals surface area (Å²) >= 11 is 0. The first-order chi connectivity index (χ1) is 10.8. The van der Waals surface area contributed by atoms with Crippen molar-refractivity contribution in [3.63, 3.8) is 0 Å². The van der Waals surface area contributed by atoms with Gasteiger partial charge in [-0.1, -0.05) is 30.3 Å². The molecule has 0 saturated carbocycles. The second-order valence-electron chi connectivity index (χ2n) is 5.19. The second-order valence-corrected chi connectivity index (χ2v) is 5.19. The summed E-state index contributed by atoms with van der Waals surface area (Å²) in [7, 11) is 2.03. The summed E-state index contributed by atoms with van der Waals surface area (Å²) in [5, 5.41) is 5.47. The summed E-state index contributed by atoms with van der Waals surface area (Å²) in [5.74, 6) is 0.637. The Balaban J connectivity index is 1.61. The van der Waals surface area contributed by atoms with E-state index in [0.29, 0.717) is 5.95 Å². The van der Waals surface area contributed by atoms with Crippen LogP contribution in [-0.4, -0.2) is 20.7 Å². The molecular weight excluding hydrogens is 274 g/mol. The predicted octanol–water partition coefficient (Wildman–Crippen LogP) is 3.50. The average Bonchev–Trinajstić information content (AvgIpc) is 3.09. The number of para-hydroxylation sites is 3. The van der Waals surface area contributed by atoms with E-state index in [1.807, 2.05) is 49.7 Å². The molecule has 0 fully saturated rings. The Morgan fingerprint density at radius 1 is 1.14 bits per heavy atom. The van der Waals surface area contributed by atoms with Crippen molar-refractivity contribution in [2.75, 3.05) is 5.43 Å². The van der Waals surface area contributed by atoms with Gasteiger partial charge in [0.05, 0.1) is 17.2 Å². The van der Waals surface area contributed by atoms with E-state index in [2.05, 4.69) is 43.4 Å². The molecule has 4 rings (SSSR count). The summed E-state index contributed by atoms with van der Waals surface area (Å²) in [4.78, 5) is 7.61. The number of rotatable bonds is 3. The molecule has 2 aromatic carbocycles. The summed E-state index contributed by atoms with van der Waals surface area (Å²) in [6, 6.07) is 16.2. The Morgan fingerprint density at radius 3 is 2.86 bits per heavy atom. The Bertz CT molecular complexity index is 944. The number of imidazole rings is 1. The number of anilines is 1. The van der Waals surface area contributed by atoms with Gasteiger partial charge in [0.2, 0.25) is 5.95 Å². The summed E-state index contributed by atoms with van der Waals surface area (Å²) in [6.07, 6.45) is 3.88. The van der Waals surface area contributed by atoms with Crippen molar-refractivity contribution in [3.8, 4) is 0 Å². The van der Waals surface area contributed by atoms with Gasteiger partial charge in [-0.2, -0.15) is 5.10 Å². The molecule has 0 aliphatic carbocycles. The first-order valence-electron chi connectivity index (χ1n) is 7.09. The van der Waals surface area contributed by atoms with Crippen molar-refractivity contribution < 1.29 is 0 Å². The molecule has 0 bridgehead atoms. The highest BCUT2D eigenvalue weighted by Crippen LogP contribution is 2.18. The standard InChI is InChI=1S/C17H15N5/c1-22-11-12(13-6-2-5-9-16(13)22)10-18-21-17-19-14-7-3-4-8-15(14)20-17/h2-11H,1H3,(H2,19,20,21)/b18-10+. The predicted molar refractivity (Wildman–Crippen MR) is 90.2 cm³/mol. The fourth-order valence-corrected chi connectivity index (χ4v) is 2.64. The molecule has 0 saturated heterocycles. The van der Waals surface area contributed by atoms with Crippen LogP contribution in [0.4, 0.5) is 5.95 Å². The maximum absolute atomic E-state index is 4.43. The smallest absolute Gasteiger partial charge is 0.222 e. The van der Waals surface area contributed by atoms with E-state index < -0.39 is 0 Å². The van der Waals surface area contributed by atoms with Crippen molar-refractivity contribution in [3.05, 3.63) is 60.3 Å². The Labute approximate surface area is 127 Å². The highest BCUT2D eigenvalue weighted by atomic mass is 15.3. The number of aryl methyl sites for hydroxylation is 1. The topological polar surface area (TPSA) is 58.0 Å². The number of fused-ring (bicyclic) bond motifs is 2. The molecule has 0 atom stereocenters. The number of nitrogens with one attached hydrogen (secondary N) is 2. The molecule has 22 heavy (non-hydrogen) atoms. The third kappa shape index (κ3) is 2.13. The molecular formula is C17H15N5. The van der Waals surface area contributed by atoms with E-state index in [9.17, 15) is 0 Å². The van der Waals surface area contributed by atoms with Crippen molar-refractivity contribution in [2.24, 2.45) is 12.1 Å². The maximum Gasteiger partial charge on any atom is 0.222 e. The monoisotopic (exact) mass is 289 g/mol. The van der Waals surface area contributed by atoms with Gasteiger partial charge in [0.1, 0.15) is 0 Å². The van der Waals surface area contributed by atoms with E-state index >= 15 is 0 Å². The third-order valence-corrected chi connectivity index (χ3v) is 3.69. The molecule has 2 N–H and O–H groups in total. The van der Waals surface area contributed by atoms with Gasteiger partial charge in [-0.15, -0.1) is 0 Å². The van der Waals surface area contributed by atoms with E-state index in [-0.39, 0.29) is 0 Å². The van der Waals surface area contributed by atoms with Crippen LogP contribution in [0, 0.1) is 0 Å². The van der Waals surface area contributed by atoms with Crippen molar-refractivity contribution in [1.82, 2.24) is 14.5 Å². The van der Waals surface area contributed by atoms with Crippen LogP contribution >= 0.6 is 0 Å². The minimum absolute atomic E-state index is 0.637. The molecule has 5 heteroatoms. The van der Waals surface area contributed by atoms with Gasteiger partial charge in [0.15, 0.2) is 0 Å². The van der Waals surface area contributed by atoms with E-state index in [4.69, 9.17) is 0 Å². The molecule has 0 aliphatic rings. The zero-order valence-electron chi connectivity index (χ0n) is 12.1. The fourth-order valence-electron chi connectivity index (χ4n) is 2.64. The number of hydrogen-bond donors (Lipinski definition) is 2. The first-order valence-corrected chi connectivity index (χ1v) is 7.09. The van der Waals surface area contributed by atoms with Crippen LogP contribution in [0.25, 0.3) is 21.9 Å². The lowest BCUT2D eigenvalue weighted by Crippen LogP contribution is -1.91. The number of aromatic nitrogens is 3. The summed E-state index contributed by atoms with van der Waals surface area (Å²) < 4.78 is 2.10. The van der Waals surface area contributed by atoms with Crippen LogP contribution < -0.4 is 5.43 Å². The zero-order valence-corrected chi connectivity index (χ0v) is 12.1. The lowest BCUT2D eigenvalue weighted by Gasteiger charge is -1.94. The van der Waals surface area contributed by atoms with Crippen LogP contribution in [0.15, 0.2) is 59.8 Å². The van der Waals surface area contributed by atoms with E-state index in [1.54, 1.807) is 0 Å². The van der Waals surface area contributed by atoms with E-state index in [0.717, 1.165) is 16.6 Å². The highest BCUT2D eigenvalue weighted by Gasteiger charge is 2.03. The van der Waals surface area contributed by atoms with Crippen molar-refractivity contribution in [2.45, 2.75) is 0 Å². The van der Waals surface area contributed by atoms with Gasteiger partial charge in [0.25, 0.3) is 0 Å². The number of nitrogens with zero attached hydrogens (tertiary/aromatic N) is 3. The number of benzene rings is 2. The second kappa shape index (κ2) is 5.04. The molecule has 0 aliphatic heterocycles. The number of hydrazone groups is 1. The average molecular weight is 289 g/mol. The Kier molecular flexibility index (Phi) is 2.89. The lowest BCUT2D eigenvalue weighted by atomic mass is 10.2. The normalized spacial score (nSPS) is 11.7. The van der Waals surface area contributed by atoms with Crippen LogP contribution in [0.1, 0.15) is 5.56 Å². The van der Waals surface area contributed by atoms with Crippen LogP contribution in [0.5, 0.6) is 0 Å². The van der Waals surface area contributed by atoms with Gasteiger partial charge in [-0.3, -0.25) is 0 Å². The molecule has 2 aromatic heterocycles. The summed E-state index contributed by atoms with van der Waals surface area (Å²) in [6.45, 7) is 0. The van der Waals surface area contributed by atoms with Crippen LogP contribution in [0.2, 0.25) is 0 Å². The lowest BCUT2D eigenvalue weighted by molar-refractivity contribution is 0.968. The van der Waals surface area contributed by atoms with Gasteiger partial charge < -0.3 is 9.55 Å². The molecule has 0 spiro atoms. The van der Waals surface area contributed by atoms with Gasteiger partial charge in [-0.05, 0) is 18.2 Å². The number of aromatic amines is 1. The third-order valence-electron chi connectivity index (χ3n) is 3.69. The minimum Gasteiger partial charge on any atom is -0.350 e. The Morgan fingerprint density at radius 2 is 1.95 bits per heavy atom. The summed E-state index contributed by atoms with van der Waals surface area (Å²) in [5.41, 5.74) is 7.12. The molecule has 4 aromatic rings.